The summed E-state index contributed by atoms with van der Waals surface area (Å²) in [7, 11) is -2.99. The van der Waals surface area contributed by atoms with Crippen molar-refractivity contribution in [2.75, 3.05) is 12.3 Å². The summed E-state index contributed by atoms with van der Waals surface area (Å²) in [4.78, 5) is 0. The van der Waals surface area contributed by atoms with Crippen LogP contribution in [0.25, 0.3) is 0 Å². The third-order valence-corrected chi connectivity index (χ3v) is 6.25. The molecule has 0 unspecified atom stereocenters. The summed E-state index contributed by atoms with van der Waals surface area (Å²) in [5.41, 5.74) is 6.73. The lowest BCUT2D eigenvalue weighted by Crippen LogP contribution is -2.15. The topological polar surface area (TPSA) is 60.2 Å². The minimum Gasteiger partial charge on any atom is -0.330 e. The molecule has 94 valence electrons. The molecular weight excluding hydrogens is 302 g/mol. The zero-order valence-electron chi connectivity index (χ0n) is 9.64. The van der Waals surface area contributed by atoms with Gasteiger partial charge in [-0.05, 0) is 30.2 Å². The first-order valence-corrected chi connectivity index (χ1v) is 8.19. The van der Waals surface area contributed by atoms with Crippen LogP contribution in [0, 0.1) is 5.92 Å². The van der Waals surface area contributed by atoms with Gasteiger partial charge >= 0.3 is 0 Å². The maximum atomic E-state index is 11.9. The lowest BCUT2D eigenvalue weighted by Gasteiger charge is -2.01. The smallest absolute Gasteiger partial charge is 0.153 e. The Hall–Kier alpha value is -0.390. The van der Waals surface area contributed by atoms with Crippen molar-refractivity contribution in [1.29, 1.82) is 0 Å². The molecular formula is C12H16BrNO2S. The summed E-state index contributed by atoms with van der Waals surface area (Å²) in [6.07, 6.45) is 0. The van der Waals surface area contributed by atoms with Crippen molar-refractivity contribution in [2.24, 2.45) is 11.7 Å². The SMILES string of the molecule is CCS(=O)(=O)[C@@H]1[C@H](CN)[C@@H]1c1ccc(Br)cc1. The van der Waals surface area contributed by atoms with Crippen molar-refractivity contribution < 1.29 is 8.42 Å². The highest BCUT2D eigenvalue weighted by molar-refractivity contribution is 9.10. The molecule has 1 aromatic rings. The van der Waals surface area contributed by atoms with Crippen molar-refractivity contribution in [3.05, 3.63) is 34.3 Å². The van der Waals surface area contributed by atoms with E-state index in [2.05, 4.69) is 15.9 Å². The van der Waals surface area contributed by atoms with Gasteiger partial charge in [-0.3, -0.25) is 0 Å². The fraction of sp³-hybridized carbons (Fsp3) is 0.500. The van der Waals surface area contributed by atoms with Crippen molar-refractivity contribution in [2.45, 2.75) is 18.1 Å². The number of hydrogen-bond donors (Lipinski definition) is 1. The fourth-order valence-electron chi connectivity index (χ4n) is 2.43. The second-order valence-corrected chi connectivity index (χ2v) is 7.76. The van der Waals surface area contributed by atoms with Gasteiger partial charge < -0.3 is 5.73 Å². The molecule has 2 rings (SSSR count). The average molecular weight is 318 g/mol. The van der Waals surface area contributed by atoms with Gasteiger partial charge in [0.2, 0.25) is 0 Å². The van der Waals surface area contributed by atoms with E-state index in [4.69, 9.17) is 5.73 Å². The molecule has 0 amide bonds. The van der Waals surface area contributed by atoms with Gasteiger partial charge in [-0.2, -0.15) is 0 Å². The van der Waals surface area contributed by atoms with Crippen molar-refractivity contribution in [3.63, 3.8) is 0 Å². The monoisotopic (exact) mass is 317 g/mol. The summed E-state index contributed by atoms with van der Waals surface area (Å²) in [5, 5.41) is -0.279. The van der Waals surface area contributed by atoms with Gasteiger partial charge in [0, 0.05) is 16.1 Å². The third kappa shape index (κ3) is 2.41. The van der Waals surface area contributed by atoms with Gasteiger partial charge in [0.25, 0.3) is 0 Å². The molecule has 0 aromatic heterocycles. The molecule has 0 bridgehead atoms. The van der Waals surface area contributed by atoms with E-state index >= 15 is 0 Å². The number of benzene rings is 1. The lowest BCUT2D eigenvalue weighted by atomic mass is 10.1. The Morgan fingerprint density at radius 1 is 1.29 bits per heavy atom. The molecule has 3 nitrogen and oxygen atoms in total. The first kappa shape index (κ1) is 13.1. The highest BCUT2D eigenvalue weighted by Crippen LogP contribution is 2.51. The Labute approximate surface area is 110 Å². The van der Waals surface area contributed by atoms with Gasteiger partial charge in [-0.15, -0.1) is 0 Å². The summed E-state index contributed by atoms with van der Waals surface area (Å²) >= 11 is 3.37. The normalized spacial score (nSPS) is 28.1. The predicted octanol–water partition coefficient (Wildman–Crippen LogP) is 1.92. The second kappa shape index (κ2) is 4.71. The van der Waals surface area contributed by atoms with E-state index < -0.39 is 9.84 Å². The Balaban J connectivity index is 2.26. The quantitative estimate of drug-likeness (QED) is 0.923. The highest BCUT2D eigenvalue weighted by Gasteiger charge is 2.56. The van der Waals surface area contributed by atoms with E-state index in [9.17, 15) is 8.42 Å². The maximum absolute atomic E-state index is 11.9. The molecule has 1 saturated carbocycles. The average Bonchev–Trinajstić information content (AvgIpc) is 3.05. The first-order valence-electron chi connectivity index (χ1n) is 5.68. The van der Waals surface area contributed by atoms with Crippen molar-refractivity contribution in [1.82, 2.24) is 0 Å². The number of nitrogens with two attached hydrogens (primary N) is 1. The summed E-state index contributed by atoms with van der Waals surface area (Å²) in [6, 6.07) is 7.83. The maximum Gasteiger partial charge on any atom is 0.153 e. The van der Waals surface area contributed by atoms with Gasteiger partial charge in [0.15, 0.2) is 9.84 Å². The number of rotatable bonds is 4. The molecule has 0 heterocycles. The van der Waals surface area contributed by atoms with Gasteiger partial charge in [-0.25, -0.2) is 8.42 Å². The largest absolute Gasteiger partial charge is 0.330 e. The van der Waals surface area contributed by atoms with Crippen LogP contribution < -0.4 is 5.73 Å². The van der Waals surface area contributed by atoms with Crippen molar-refractivity contribution >= 4 is 25.8 Å². The first-order chi connectivity index (χ1) is 8.01. The fourth-order valence-corrected chi connectivity index (χ4v) is 4.60. The molecule has 5 heteroatoms. The molecule has 2 N–H and O–H groups in total. The van der Waals surface area contributed by atoms with Gasteiger partial charge in [0.1, 0.15) is 0 Å². The van der Waals surface area contributed by atoms with Crippen LogP contribution in [0.3, 0.4) is 0 Å². The minimum atomic E-state index is -2.99. The highest BCUT2D eigenvalue weighted by atomic mass is 79.9. The van der Waals surface area contributed by atoms with Crippen LogP contribution in [0.15, 0.2) is 28.7 Å². The Bertz CT molecular complexity index is 498. The summed E-state index contributed by atoms with van der Waals surface area (Å²) in [6.45, 7) is 2.13. The molecule has 0 radical (unpaired) electrons. The predicted molar refractivity (Wildman–Crippen MR) is 72.7 cm³/mol. The van der Waals surface area contributed by atoms with E-state index in [1.807, 2.05) is 24.3 Å². The number of sulfone groups is 1. The standard InChI is InChI=1S/C12H16BrNO2S/c1-2-17(15,16)12-10(7-14)11(12)8-3-5-9(13)6-4-8/h3-6,10-12H,2,7,14H2,1H3/t10-,11+,12-/m1/s1. The van der Waals surface area contributed by atoms with Crippen LogP contribution in [0.2, 0.25) is 0 Å². The Morgan fingerprint density at radius 3 is 2.35 bits per heavy atom. The zero-order chi connectivity index (χ0) is 12.6. The number of hydrogen-bond acceptors (Lipinski definition) is 3. The third-order valence-electron chi connectivity index (χ3n) is 3.44. The molecule has 1 fully saturated rings. The number of halogens is 1. The van der Waals surface area contributed by atoms with Gasteiger partial charge in [0.05, 0.1) is 5.25 Å². The van der Waals surface area contributed by atoms with Crippen LogP contribution in [-0.4, -0.2) is 26.0 Å². The summed E-state index contributed by atoms with van der Waals surface area (Å²) in [5.74, 6) is 0.362. The lowest BCUT2D eigenvalue weighted by molar-refractivity contribution is 0.593. The van der Waals surface area contributed by atoms with E-state index in [0.29, 0.717) is 6.54 Å². The molecule has 1 aliphatic carbocycles. The van der Waals surface area contributed by atoms with Crippen LogP contribution >= 0.6 is 15.9 Å². The molecule has 1 aliphatic rings. The second-order valence-electron chi connectivity index (χ2n) is 4.39. The minimum absolute atomic E-state index is 0.0815. The van der Waals surface area contributed by atoms with Crippen LogP contribution in [0.5, 0.6) is 0 Å². The molecule has 0 spiro atoms. The zero-order valence-corrected chi connectivity index (χ0v) is 12.0. The van der Waals surface area contributed by atoms with Crippen LogP contribution in [-0.2, 0) is 9.84 Å². The van der Waals surface area contributed by atoms with E-state index in [-0.39, 0.29) is 22.8 Å². The van der Waals surface area contributed by atoms with Gasteiger partial charge in [-0.1, -0.05) is 35.0 Å². The molecule has 17 heavy (non-hydrogen) atoms. The van der Waals surface area contributed by atoms with Crippen LogP contribution in [0.4, 0.5) is 0 Å². The molecule has 0 saturated heterocycles. The van der Waals surface area contributed by atoms with Crippen LogP contribution in [0.1, 0.15) is 18.4 Å². The van der Waals surface area contributed by atoms with E-state index in [1.54, 1.807) is 6.92 Å². The summed E-state index contributed by atoms with van der Waals surface area (Å²) < 4.78 is 24.8. The molecule has 0 aliphatic heterocycles. The Morgan fingerprint density at radius 2 is 1.88 bits per heavy atom. The van der Waals surface area contributed by atoms with E-state index in [0.717, 1.165) is 10.0 Å². The Kier molecular flexibility index (Phi) is 3.61. The molecule has 3 atom stereocenters. The molecule has 1 aromatic carbocycles. The van der Waals surface area contributed by atoms with E-state index in [1.165, 1.54) is 0 Å². The van der Waals surface area contributed by atoms with Crippen molar-refractivity contribution in [3.8, 4) is 0 Å².